The number of carboxylic acid groups (broad SMARTS) is 2. The van der Waals surface area contributed by atoms with Crippen molar-refractivity contribution in [2.45, 2.75) is 19.9 Å². The molecule has 0 bridgehead atoms. The minimum atomic E-state index is -1.82. The van der Waals surface area contributed by atoms with Gasteiger partial charge in [-0.3, -0.25) is 9.80 Å². The Morgan fingerprint density at radius 3 is 1.90 bits per heavy atom. The maximum Gasteiger partial charge on any atom is 0.414 e. The van der Waals surface area contributed by atoms with Crippen LogP contribution in [0.15, 0.2) is 60.7 Å². The van der Waals surface area contributed by atoms with E-state index in [0.29, 0.717) is 0 Å². The summed E-state index contributed by atoms with van der Waals surface area (Å²) in [5, 5.41) is 14.8. The van der Waals surface area contributed by atoms with Gasteiger partial charge >= 0.3 is 11.9 Å². The molecular weight excluding hydrogens is 380 g/mol. The first-order valence-electron chi connectivity index (χ1n) is 10.2. The first-order chi connectivity index (χ1) is 14.5. The number of benzene rings is 2. The Labute approximate surface area is 178 Å². The van der Waals surface area contributed by atoms with Gasteiger partial charge in [0.15, 0.2) is 0 Å². The SMILES string of the molecule is CCc1ccc(CN2CCN(C/C=C/c3ccccc3)CC2)cc1.O=C(O)C(=O)O. The minimum absolute atomic E-state index is 1.05. The van der Waals surface area contributed by atoms with Crippen LogP contribution in [-0.4, -0.2) is 64.7 Å². The number of carboxylic acids is 2. The second kappa shape index (κ2) is 12.6. The summed E-state index contributed by atoms with van der Waals surface area (Å²) < 4.78 is 0. The number of rotatable bonds is 6. The summed E-state index contributed by atoms with van der Waals surface area (Å²) in [5.74, 6) is -3.65. The van der Waals surface area contributed by atoms with Crippen LogP contribution in [0.3, 0.4) is 0 Å². The lowest BCUT2D eigenvalue weighted by Gasteiger charge is -2.34. The Balaban J connectivity index is 0.000000469. The zero-order valence-electron chi connectivity index (χ0n) is 17.4. The number of aryl methyl sites for hydroxylation is 1. The fourth-order valence-corrected chi connectivity index (χ4v) is 3.17. The van der Waals surface area contributed by atoms with Crippen LogP contribution in [0, 0.1) is 0 Å². The summed E-state index contributed by atoms with van der Waals surface area (Å²) in [6.07, 6.45) is 5.63. The second-order valence-corrected chi connectivity index (χ2v) is 7.17. The van der Waals surface area contributed by atoms with Crippen LogP contribution < -0.4 is 0 Å². The van der Waals surface area contributed by atoms with Gasteiger partial charge in [0, 0.05) is 39.3 Å². The van der Waals surface area contributed by atoms with E-state index in [1.807, 2.05) is 0 Å². The van der Waals surface area contributed by atoms with Crippen molar-refractivity contribution >= 4 is 18.0 Å². The van der Waals surface area contributed by atoms with E-state index in [-0.39, 0.29) is 0 Å². The van der Waals surface area contributed by atoms with Crippen molar-refractivity contribution in [1.29, 1.82) is 0 Å². The number of hydrogen-bond donors (Lipinski definition) is 2. The van der Waals surface area contributed by atoms with E-state index in [2.05, 4.69) is 83.5 Å². The molecule has 0 spiro atoms. The van der Waals surface area contributed by atoms with Gasteiger partial charge < -0.3 is 10.2 Å². The molecule has 0 saturated carbocycles. The molecule has 6 heteroatoms. The Morgan fingerprint density at radius 2 is 1.37 bits per heavy atom. The van der Waals surface area contributed by atoms with Gasteiger partial charge in [-0.25, -0.2) is 9.59 Å². The summed E-state index contributed by atoms with van der Waals surface area (Å²) in [7, 11) is 0. The van der Waals surface area contributed by atoms with Gasteiger partial charge in [-0.05, 0) is 23.1 Å². The van der Waals surface area contributed by atoms with Crippen LogP contribution >= 0.6 is 0 Å². The molecule has 2 N–H and O–H groups in total. The van der Waals surface area contributed by atoms with Gasteiger partial charge in [-0.15, -0.1) is 0 Å². The molecule has 0 unspecified atom stereocenters. The molecule has 0 aromatic heterocycles. The van der Waals surface area contributed by atoms with Gasteiger partial charge in [0.05, 0.1) is 0 Å². The highest BCUT2D eigenvalue weighted by molar-refractivity contribution is 6.27. The van der Waals surface area contributed by atoms with Crippen LogP contribution in [-0.2, 0) is 22.6 Å². The molecule has 3 rings (SSSR count). The highest BCUT2D eigenvalue weighted by atomic mass is 16.4. The molecule has 0 atom stereocenters. The Bertz CT molecular complexity index is 799. The van der Waals surface area contributed by atoms with Crippen LogP contribution in [0.25, 0.3) is 6.08 Å². The quantitative estimate of drug-likeness (QED) is 0.712. The maximum atomic E-state index is 9.10. The van der Waals surface area contributed by atoms with Gasteiger partial charge in [0.1, 0.15) is 0 Å². The maximum absolute atomic E-state index is 9.10. The van der Waals surface area contributed by atoms with Crippen molar-refractivity contribution < 1.29 is 19.8 Å². The standard InChI is InChI=1S/C22H28N2.C2H2O4/c1-2-20-10-12-22(13-11-20)19-24-17-15-23(16-18-24)14-6-9-21-7-4-3-5-8-21;3-1(4)2(5)6/h3-13H,2,14-19H2,1H3;(H,3,4)(H,5,6)/b9-6+;. The first kappa shape index (κ1) is 23.3. The highest BCUT2D eigenvalue weighted by Crippen LogP contribution is 2.11. The third-order valence-corrected chi connectivity index (χ3v) is 4.96. The van der Waals surface area contributed by atoms with E-state index in [0.717, 1.165) is 45.7 Å². The highest BCUT2D eigenvalue weighted by Gasteiger charge is 2.15. The monoisotopic (exact) mass is 410 g/mol. The van der Waals surface area contributed by atoms with Crippen LogP contribution in [0.1, 0.15) is 23.6 Å². The van der Waals surface area contributed by atoms with E-state index in [1.54, 1.807) is 0 Å². The van der Waals surface area contributed by atoms with E-state index < -0.39 is 11.9 Å². The summed E-state index contributed by atoms with van der Waals surface area (Å²) in [4.78, 5) is 23.3. The molecule has 30 heavy (non-hydrogen) atoms. The fourth-order valence-electron chi connectivity index (χ4n) is 3.17. The van der Waals surface area contributed by atoms with Gasteiger partial charge in [-0.1, -0.05) is 73.7 Å². The van der Waals surface area contributed by atoms with Crippen LogP contribution in [0.2, 0.25) is 0 Å². The second-order valence-electron chi connectivity index (χ2n) is 7.17. The minimum Gasteiger partial charge on any atom is -0.473 e. The number of piperazine rings is 1. The summed E-state index contributed by atoms with van der Waals surface area (Å²) in [6, 6.07) is 19.6. The Hall–Kier alpha value is -2.96. The predicted octanol–water partition coefficient (Wildman–Crippen LogP) is 3.24. The summed E-state index contributed by atoms with van der Waals surface area (Å²) in [6.45, 7) is 8.98. The lowest BCUT2D eigenvalue weighted by Crippen LogP contribution is -2.45. The van der Waals surface area contributed by atoms with Crippen LogP contribution in [0.4, 0.5) is 0 Å². The van der Waals surface area contributed by atoms with Gasteiger partial charge in [-0.2, -0.15) is 0 Å². The summed E-state index contributed by atoms with van der Waals surface area (Å²) >= 11 is 0. The normalized spacial score (nSPS) is 14.8. The van der Waals surface area contributed by atoms with Crippen molar-refractivity contribution in [2.75, 3.05) is 32.7 Å². The largest absolute Gasteiger partial charge is 0.473 e. The molecule has 1 aliphatic rings. The number of hydrogen-bond acceptors (Lipinski definition) is 4. The van der Waals surface area contributed by atoms with E-state index in [9.17, 15) is 0 Å². The molecule has 1 fully saturated rings. The van der Waals surface area contributed by atoms with Crippen LogP contribution in [0.5, 0.6) is 0 Å². The van der Waals surface area contributed by atoms with Gasteiger partial charge in [0.2, 0.25) is 0 Å². The first-order valence-corrected chi connectivity index (χ1v) is 10.2. The average molecular weight is 411 g/mol. The lowest BCUT2D eigenvalue weighted by molar-refractivity contribution is -0.159. The lowest BCUT2D eigenvalue weighted by atomic mass is 10.1. The molecule has 1 saturated heterocycles. The van der Waals surface area contributed by atoms with E-state index in [4.69, 9.17) is 19.8 Å². The fraction of sp³-hybridized carbons (Fsp3) is 0.333. The molecule has 1 heterocycles. The zero-order valence-corrected chi connectivity index (χ0v) is 17.4. The average Bonchev–Trinajstić information content (AvgIpc) is 2.77. The number of nitrogens with zero attached hydrogens (tertiary/aromatic N) is 2. The Kier molecular flexibility index (Phi) is 9.77. The van der Waals surface area contributed by atoms with Crippen molar-refractivity contribution in [3.63, 3.8) is 0 Å². The third kappa shape index (κ3) is 8.59. The molecule has 2 aromatic carbocycles. The number of aliphatic carboxylic acids is 2. The predicted molar refractivity (Wildman–Crippen MR) is 118 cm³/mol. The van der Waals surface area contributed by atoms with Gasteiger partial charge in [0.25, 0.3) is 0 Å². The molecule has 0 aliphatic carbocycles. The Morgan fingerprint density at radius 1 is 0.833 bits per heavy atom. The molecule has 6 nitrogen and oxygen atoms in total. The number of carbonyl (C=O) groups is 2. The van der Waals surface area contributed by atoms with Crippen molar-refractivity contribution in [3.8, 4) is 0 Å². The topological polar surface area (TPSA) is 81.1 Å². The molecule has 2 aromatic rings. The molecule has 0 radical (unpaired) electrons. The third-order valence-electron chi connectivity index (χ3n) is 4.96. The molecule has 160 valence electrons. The van der Waals surface area contributed by atoms with Crippen molar-refractivity contribution in [3.05, 3.63) is 77.4 Å². The molecular formula is C24H30N2O4. The van der Waals surface area contributed by atoms with E-state index in [1.165, 1.54) is 16.7 Å². The summed E-state index contributed by atoms with van der Waals surface area (Å²) in [5.41, 5.74) is 4.14. The van der Waals surface area contributed by atoms with Crippen molar-refractivity contribution in [2.24, 2.45) is 0 Å². The smallest absolute Gasteiger partial charge is 0.414 e. The van der Waals surface area contributed by atoms with Crippen molar-refractivity contribution in [1.82, 2.24) is 9.80 Å². The zero-order chi connectivity index (χ0) is 21.8. The molecule has 0 amide bonds. The van der Waals surface area contributed by atoms with E-state index >= 15 is 0 Å². The molecule has 1 aliphatic heterocycles.